The minimum atomic E-state index is 0. The maximum absolute atomic E-state index is 5.15. The lowest BCUT2D eigenvalue weighted by Crippen LogP contribution is -2.41. The van der Waals surface area contributed by atoms with E-state index in [0.29, 0.717) is 24.5 Å². The Balaban J connectivity index is 0.00000625. The zero-order valence-corrected chi connectivity index (χ0v) is 19.4. The monoisotopic (exact) mass is 477 g/mol. The molecule has 0 aromatic carbocycles. The average molecular weight is 477 g/mol. The number of nitrogens with one attached hydrogen (secondary N) is 2. The molecule has 0 bridgehead atoms. The molecular formula is C19H36IN5O. The molecule has 0 atom stereocenters. The lowest BCUT2D eigenvalue weighted by Gasteiger charge is -2.30. The first-order chi connectivity index (χ1) is 12.0. The SMILES string of the molecule is CCNC(=NCc1ccnc(OC)c1)NCCCN(C(C)C)C(C)C.I. The standard InChI is InChI=1S/C19H35N5O.HI/c1-7-20-19(22-10-8-12-24(15(2)3)16(4)5)23-14-17-9-11-21-18(13-17)25-6;/h9,11,13,15-16H,7-8,10,12,14H2,1-6H3,(H2,20,22,23);1H. The predicted molar refractivity (Wildman–Crippen MR) is 121 cm³/mol. The van der Waals surface area contributed by atoms with Crippen molar-refractivity contribution in [3.05, 3.63) is 23.9 Å². The summed E-state index contributed by atoms with van der Waals surface area (Å²) in [5, 5.41) is 6.71. The third-order valence-electron chi connectivity index (χ3n) is 3.98. The van der Waals surface area contributed by atoms with Crippen LogP contribution in [0.4, 0.5) is 0 Å². The molecule has 0 fully saturated rings. The highest BCUT2D eigenvalue weighted by Gasteiger charge is 2.12. The largest absolute Gasteiger partial charge is 0.481 e. The Morgan fingerprint density at radius 2 is 1.92 bits per heavy atom. The van der Waals surface area contributed by atoms with Crippen LogP contribution in [0.15, 0.2) is 23.3 Å². The molecule has 0 aliphatic heterocycles. The Kier molecular flexibility index (Phi) is 13.4. The number of aliphatic imine (C=N–C) groups is 1. The van der Waals surface area contributed by atoms with Gasteiger partial charge in [0, 0.05) is 44.0 Å². The molecule has 0 spiro atoms. The third kappa shape index (κ3) is 9.56. The highest BCUT2D eigenvalue weighted by Crippen LogP contribution is 2.09. The Morgan fingerprint density at radius 1 is 1.23 bits per heavy atom. The van der Waals surface area contributed by atoms with Gasteiger partial charge >= 0.3 is 0 Å². The second kappa shape index (κ2) is 14.0. The van der Waals surface area contributed by atoms with E-state index >= 15 is 0 Å². The van der Waals surface area contributed by atoms with Crippen LogP contribution < -0.4 is 15.4 Å². The molecule has 150 valence electrons. The molecule has 7 heteroatoms. The molecule has 0 amide bonds. The van der Waals surface area contributed by atoms with Gasteiger partial charge in [0.1, 0.15) is 0 Å². The van der Waals surface area contributed by atoms with Crippen LogP contribution in [0.1, 0.15) is 46.6 Å². The van der Waals surface area contributed by atoms with Crippen LogP contribution in [0.2, 0.25) is 0 Å². The van der Waals surface area contributed by atoms with Gasteiger partial charge in [-0.15, -0.1) is 24.0 Å². The van der Waals surface area contributed by atoms with Crippen LogP contribution in [0.25, 0.3) is 0 Å². The molecule has 0 unspecified atom stereocenters. The summed E-state index contributed by atoms with van der Waals surface area (Å²) >= 11 is 0. The summed E-state index contributed by atoms with van der Waals surface area (Å²) in [4.78, 5) is 11.3. The fourth-order valence-electron chi connectivity index (χ4n) is 2.75. The zero-order valence-electron chi connectivity index (χ0n) is 17.1. The van der Waals surface area contributed by atoms with Crippen LogP contribution in [0.3, 0.4) is 0 Å². The number of halogens is 1. The summed E-state index contributed by atoms with van der Waals surface area (Å²) in [7, 11) is 1.62. The second-order valence-corrected chi connectivity index (χ2v) is 6.61. The summed E-state index contributed by atoms with van der Waals surface area (Å²) in [5.41, 5.74) is 1.08. The topological polar surface area (TPSA) is 61.8 Å². The average Bonchev–Trinajstić information content (AvgIpc) is 2.58. The van der Waals surface area contributed by atoms with E-state index in [-0.39, 0.29) is 24.0 Å². The molecule has 2 N–H and O–H groups in total. The molecule has 0 saturated heterocycles. The molecule has 1 aromatic rings. The molecule has 1 heterocycles. The smallest absolute Gasteiger partial charge is 0.213 e. The number of ether oxygens (including phenoxy) is 1. The van der Waals surface area contributed by atoms with Crippen LogP contribution in [-0.4, -0.2) is 54.7 Å². The minimum absolute atomic E-state index is 0. The lowest BCUT2D eigenvalue weighted by atomic mass is 10.2. The van der Waals surface area contributed by atoms with E-state index in [1.165, 1.54) is 0 Å². The van der Waals surface area contributed by atoms with Crippen molar-refractivity contribution in [2.75, 3.05) is 26.7 Å². The van der Waals surface area contributed by atoms with Crippen molar-refractivity contribution in [3.8, 4) is 5.88 Å². The number of aromatic nitrogens is 1. The highest BCUT2D eigenvalue weighted by atomic mass is 127. The highest BCUT2D eigenvalue weighted by molar-refractivity contribution is 14.0. The van der Waals surface area contributed by atoms with Crippen molar-refractivity contribution >= 4 is 29.9 Å². The van der Waals surface area contributed by atoms with Crippen molar-refractivity contribution in [1.29, 1.82) is 0 Å². The van der Waals surface area contributed by atoms with Crippen LogP contribution >= 0.6 is 24.0 Å². The quantitative estimate of drug-likeness (QED) is 0.235. The maximum Gasteiger partial charge on any atom is 0.213 e. The molecule has 6 nitrogen and oxygen atoms in total. The summed E-state index contributed by atoms with van der Waals surface area (Å²) in [5.74, 6) is 1.46. The lowest BCUT2D eigenvalue weighted by molar-refractivity contribution is 0.173. The Bertz CT molecular complexity index is 514. The second-order valence-electron chi connectivity index (χ2n) is 6.61. The molecule has 0 aliphatic rings. The van der Waals surface area contributed by atoms with E-state index in [4.69, 9.17) is 4.74 Å². The van der Waals surface area contributed by atoms with Gasteiger partial charge in [0.25, 0.3) is 0 Å². The van der Waals surface area contributed by atoms with Gasteiger partial charge in [-0.3, -0.25) is 4.90 Å². The third-order valence-corrected chi connectivity index (χ3v) is 3.98. The molecule has 0 saturated carbocycles. The van der Waals surface area contributed by atoms with Gasteiger partial charge in [0.2, 0.25) is 5.88 Å². The van der Waals surface area contributed by atoms with E-state index in [1.807, 2.05) is 12.1 Å². The number of rotatable bonds is 10. The van der Waals surface area contributed by atoms with Crippen LogP contribution in [-0.2, 0) is 6.54 Å². The summed E-state index contributed by atoms with van der Waals surface area (Å²) in [6, 6.07) is 5.02. The van der Waals surface area contributed by atoms with Crippen molar-refractivity contribution < 1.29 is 4.74 Å². The Hall–Kier alpha value is -1.09. The summed E-state index contributed by atoms with van der Waals surface area (Å²) < 4.78 is 5.15. The molecule has 1 aromatic heterocycles. The van der Waals surface area contributed by atoms with E-state index in [0.717, 1.165) is 37.6 Å². The van der Waals surface area contributed by atoms with Crippen LogP contribution in [0, 0.1) is 0 Å². The molecule has 1 rings (SSSR count). The Labute approximate surface area is 176 Å². The van der Waals surface area contributed by atoms with E-state index < -0.39 is 0 Å². The van der Waals surface area contributed by atoms with Gasteiger partial charge in [-0.25, -0.2) is 9.98 Å². The van der Waals surface area contributed by atoms with Crippen molar-refractivity contribution in [2.24, 2.45) is 4.99 Å². The van der Waals surface area contributed by atoms with Gasteiger partial charge in [0.15, 0.2) is 5.96 Å². The normalized spacial score (nSPS) is 11.7. The minimum Gasteiger partial charge on any atom is -0.481 e. The molecule has 0 radical (unpaired) electrons. The van der Waals surface area contributed by atoms with E-state index in [2.05, 4.69) is 60.1 Å². The van der Waals surface area contributed by atoms with Crippen molar-refractivity contribution in [2.45, 2.75) is 59.7 Å². The van der Waals surface area contributed by atoms with Gasteiger partial charge in [-0.1, -0.05) is 0 Å². The zero-order chi connectivity index (χ0) is 18.7. The fourth-order valence-corrected chi connectivity index (χ4v) is 2.75. The van der Waals surface area contributed by atoms with E-state index in [9.17, 15) is 0 Å². The maximum atomic E-state index is 5.15. The molecular weight excluding hydrogens is 441 g/mol. The first kappa shape index (κ1) is 24.9. The molecule has 26 heavy (non-hydrogen) atoms. The number of hydrogen-bond donors (Lipinski definition) is 2. The van der Waals surface area contributed by atoms with Crippen molar-refractivity contribution in [3.63, 3.8) is 0 Å². The van der Waals surface area contributed by atoms with Gasteiger partial charge in [-0.05, 0) is 52.7 Å². The van der Waals surface area contributed by atoms with Crippen molar-refractivity contribution in [1.82, 2.24) is 20.5 Å². The predicted octanol–water partition coefficient (Wildman–Crippen LogP) is 3.27. The number of hydrogen-bond acceptors (Lipinski definition) is 4. The number of methoxy groups -OCH3 is 1. The number of pyridine rings is 1. The van der Waals surface area contributed by atoms with Gasteiger partial charge in [0.05, 0.1) is 13.7 Å². The first-order valence-electron chi connectivity index (χ1n) is 9.24. The Morgan fingerprint density at radius 3 is 2.50 bits per heavy atom. The van der Waals surface area contributed by atoms with Gasteiger partial charge < -0.3 is 15.4 Å². The van der Waals surface area contributed by atoms with Crippen LogP contribution in [0.5, 0.6) is 5.88 Å². The number of guanidine groups is 1. The fraction of sp³-hybridized carbons (Fsp3) is 0.684. The first-order valence-corrected chi connectivity index (χ1v) is 9.24. The summed E-state index contributed by atoms with van der Waals surface area (Å²) in [6.07, 6.45) is 2.83. The summed E-state index contributed by atoms with van der Waals surface area (Å²) in [6.45, 7) is 14.5. The number of nitrogens with zero attached hydrogens (tertiary/aromatic N) is 3. The molecule has 0 aliphatic carbocycles. The van der Waals surface area contributed by atoms with Gasteiger partial charge in [-0.2, -0.15) is 0 Å². The van der Waals surface area contributed by atoms with E-state index in [1.54, 1.807) is 13.3 Å².